The van der Waals surface area contributed by atoms with Crippen molar-refractivity contribution in [1.29, 1.82) is 0 Å². The fourth-order valence-electron chi connectivity index (χ4n) is 3.92. The van der Waals surface area contributed by atoms with E-state index >= 15 is 0 Å². The maximum Gasteiger partial charge on any atom is -0.0351 e. The van der Waals surface area contributed by atoms with Gasteiger partial charge in [0.15, 0.2) is 0 Å². The smallest absolute Gasteiger partial charge is 0.0351 e. The average Bonchev–Trinajstić information content (AvgIpc) is 2.71. The van der Waals surface area contributed by atoms with Crippen molar-refractivity contribution in [2.45, 2.75) is 155 Å². The van der Waals surface area contributed by atoms with Gasteiger partial charge in [-0.25, -0.2) is 0 Å². The van der Waals surface area contributed by atoms with E-state index in [9.17, 15) is 0 Å². The Morgan fingerprint density at radius 1 is 0.286 bits per heavy atom. The van der Waals surface area contributed by atoms with Crippen LogP contribution in [0.2, 0.25) is 0 Å². The zero-order chi connectivity index (χ0) is 20.4. The minimum atomic E-state index is 1.19. The van der Waals surface area contributed by atoms with Crippen LogP contribution in [0.5, 0.6) is 0 Å². The molecule has 0 nitrogen and oxygen atoms in total. The second-order valence-corrected chi connectivity index (χ2v) is 8.70. The SMILES string of the molecule is CCC=CCCCCCCCCCCCCCCCCCCCCC=CCC. The Morgan fingerprint density at radius 2 is 0.500 bits per heavy atom. The van der Waals surface area contributed by atoms with Gasteiger partial charge in [0, 0.05) is 0 Å². The Balaban J connectivity index is 3.01. The van der Waals surface area contributed by atoms with E-state index in [2.05, 4.69) is 38.2 Å². The van der Waals surface area contributed by atoms with Crippen LogP contribution in [0.3, 0.4) is 0 Å². The van der Waals surface area contributed by atoms with Crippen LogP contribution in [0.1, 0.15) is 155 Å². The van der Waals surface area contributed by atoms with Crippen molar-refractivity contribution in [3.63, 3.8) is 0 Å². The van der Waals surface area contributed by atoms with Crippen molar-refractivity contribution in [2.24, 2.45) is 0 Å². The molecule has 0 heteroatoms. The largest absolute Gasteiger partial charge is 0.0888 e. The normalized spacial score (nSPS) is 11.9. The summed E-state index contributed by atoms with van der Waals surface area (Å²) in [4.78, 5) is 0. The molecule has 0 unspecified atom stereocenters. The highest BCUT2D eigenvalue weighted by Gasteiger charge is 1.95. The van der Waals surface area contributed by atoms with Crippen molar-refractivity contribution in [2.75, 3.05) is 0 Å². The van der Waals surface area contributed by atoms with Gasteiger partial charge in [0.25, 0.3) is 0 Å². The first-order valence-electron chi connectivity index (χ1n) is 13.2. The second kappa shape index (κ2) is 26.5. The molecule has 0 aliphatic rings. The van der Waals surface area contributed by atoms with Crippen molar-refractivity contribution >= 4 is 0 Å². The van der Waals surface area contributed by atoms with Crippen molar-refractivity contribution in [1.82, 2.24) is 0 Å². The van der Waals surface area contributed by atoms with Gasteiger partial charge in [-0.2, -0.15) is 0 Å². The highest BCUT2D eigenvalue weighted by atomic mass is 14.0. The quantitative estimate of drug-likeness (QED) is 0.120. The fourth-order valence-corrected chi connectivity index (χ4v) is 3.92. The van der Waals surface area contributed by atoms with Crippen LogP contribution in [0.15, 0.2) is 24.3 Å². The van der Waals surface area contributed by atoms with E-state index in [-0.39, 0.29) is 0 Å². The average molecular weight is 391 g/mol. The molecule has 0 aromatic carbocycles. The second-order valence-electron chi connectivity index (χ2n) is 8.70. The molecule has 0 fully saturated rings. The van der Waals surface area contributed by atoms with E-state index < -0.39 is 0 Å². The summed E-state index contributed by atoms with van der Waals surface area (Å²) in [5, 5.41) is 0. The maximum atomic E-state index is 2.36. The van der Waals surface area contributed by atoms with Gasteiger partial charge in [0.2, 0.25) is 0 Å². The topological polar surface area (TPSA) is 0 Å². The Labute approximate surface area is 179 Å². The van der Waals surface area contributed by atoms with E-state index in [0.29, 0.717) is 0 Å². The number of unbranched alkanes of at least 4 members (excludes halogenated alkanes) is 19. The number of hydrogen-bond acceptors (Lipinski definition) is 0. The van der Waals surface area contributed by atoms with E-state index in [1.165, 1.54) is 141 Å². The summed E-state index contributed by atoms with van der Waals surface area (Å²) in [7, 11) is 0. The summed E-state index contributed by atoms with van der Waals surface area (Å²) >= 11 is 0. The lowest BCUT2D eigenvalue weighted by Crippen LogP contribution is -1.84. The van der Waals surface area contributed by atoms with Crippen molar-refractivity contribution < 1.29 is 0 Å². The van der Waals surface area contributed by atoms with Gasteiger partial charge >= 0.3 is 0 Å². The Bertz CT molecular complexity index is 280. The lowest BCUT2D eigenvalue weighted by Gasteiger charge is -2.04. The van der Waals surface area contributed by atoms with Crippen LogP contribution in [-0.2, 0) is 0 Å². The summed E-state index contributed by atoms with van der Waals surface area (Å²) in [5.41, 5.74) is 0. The Morgan fingerprint density at radius 3 is 0.714 bits per heavy atom. The van der Waals surface area contributed by atoms with Crippen LogP contribution in [0, 0.1) is 0 Å². The molecule has 28 heavy (non-hydrogen) atoms. The molecular weight excluding hydrogens is 336 g/mol. The molecule has 0 aromatic rings. The summed E-state index contributed by atoms with van der Waals surface area (Å²) in [6.07, 6.45) is 40.6. The van der Waals surface area contributed by atoms with Crippen LogP contribution >= 0.6 is 0 Å². The predicted octanol–water partition coefficient (Wildman–Crippen LogP) is 10.7. The number of hydrogen-bond donors (Lipinski definition) is 0. The molecule has 0 bridgehead atoms. The van der Waals surface area contributed by atoms with Crippen molar-refractivity contribution in [3.05, 3.63) is 24.3 Å². The fraction of sp³-hybridized carbons (Fsp3) is 0.857. The summed E-state index contributed by atoms with van der Waals surface area (Å²) in [5.74, 6) is 0. The van der Waals surface area contributed by atoms with Crippen LogP contribution in [0.4, 0.5) is 0 Å². The van der Waals surface area contributed by atoms with Gasteiger partial charge in [-0.3, -0.25) is 0 Å². The Hall–Kier alpha value is -0.520. The molecule has 0 rings (SSSR count). The lowest BCUT2D eigenvalue weighted by atomic mass is 10.0. The van der Waals surface area contributed by atoms with E-state index in [1.54, 1.807) is 0 Å². The molecule has 0 aliphatic heterocycles. The molecule has 0 aliphatic carbocycles. The summed E-state index contributed by atoms with van der Waals surface area (Å²) < 4.78 is 0. The first-order valence-corrected chi connectivity index (χ1v) is 13.2. The van der Waals surface area contributed by atoms with Gasteiger partial charge in [0.05, 0.1) is 0 Å². The van der Waals surface area contributed by atoms with Crippen molar-refractivity contribution in [3.8, 4) is 0 Å². The first kappa shape index (κ1) is 27.5. The molecule has 0 aromatic heterocycles. The molecule has 0 amide bonds. The number of rotatable bonds is 23. The van der Waals surface area contributed by atoms with Gasteiger partial charge in [-0.15, -0.1) is 0 Å². The van der Waals surface area contributed by atoms with Crippen LogP contribution < -0.4 is 0 Å². The van der Waals surface area contributed by atoms with Crippen LogP contribution in [-0.4, -0.2) is 0 Å². The third kappa shape index (κ3) is 25.5. The molecule has 166 valence electrons. The third-order valence-corrected chi connectivity index (χ3v) is 5.80. The van der Waals surface area contributed by atoms with Gasteiger partial charge in [0.1, 0.15) is 0 Å². The number of allylic oxidation sites excluding steroid dienone is 4. The van der Waals surface area contributed by atoms with E-state index in [1.807, 2.05) is 0 Å². The standard InChI is InChI=1S/C28H54/c1-3-5-7-9-11-13-15-17-19-21-23-25-27-28-26-24-22-20-18-16-14-12-10-8-6-4-2/h5-8H,3-4,9-28H2,1-2H3. The first-order chi connectivity index (χ1) is 13.9. The molecule has 0 heterocycles. The molecule has 0 saturated carbocycles. The summed E-state index contributed by atoms with van der Waals surface area (Å²) in [6.45, 7) is 4.43. The molecular formula is C28H54. The monoisotopic (exact) mass is 390 g/mol. The lowest BCUT2D eigenvalue weighted by molar-refractivity contribution is 0.524. The van der Waals surface area contributed by atoms with E-state index in [4.69, 9.17) is 0 Å². The molecule has 0 atom stereocenters. The molecule has 0 radical (unpaired) electrons. The van der Waals surface area contributed by atoms with E-state index in [0.717, 1.165) is 0 Å². The molecule has 0 saturated heterocycles. The molecule has 0 N–H and O–H groups in total. The van der Waals surface area contributed by atoms with Gasteiger partial charge in [-0.05, 0) is 38.5 Å². The zero-order valence-corrected chi connectivity index (χ0v) is 19.9. The predicted molar refractivity (Wildman–Crippen MR) is 131 cm³/mol. The summed E-state index contributed by atoms with van der Waals surface area (Å²) in [6, 6.07) is 0. The minimum absolute atomic E-state index is 1.19. The highest BCUT2D eigenvalue weighted by molar-refractivity contribution is 4.80. The maximum absolute atomic E-state index is 2.36. The van der Waals surface area contributed by atoms with Gasteiger partial charge in [-0.1, -0.05) is 141 Å². The third-order valence-electron chi connectivity index (χ3n) is 5.80. The highest BCUT2D eigenvalue weighted by Crippen LogP contribution is 2.15. The zero-order valence-electron chi connectivity index (χ0n) is 19.9. The van der Waals surface area contributed by atoms with Crippen LogP contribution in [0.25, 0.3) is 0 Å². The minimum Gasteiger partial charge on any atom is -0.0888 e. The Kier molecular flexibility index (Phi) is 26.0. The van der Waals surface area contributed by atoms with Gasteiger partial charge < -0.3 is 0 Å². The molecule has 0 spiro atoms.